The van der Waals surface area contributed by atoms with Crippen LogP contribution in [0.3, 0.4) is 0 Å². The summed E-state index contributed by atoms with van der Waals surface area (Å²) in [6, 6.07) is 58.7. The van der Waals surface area contributed by atoms with Crippen LogP contribution in [-0.2, 0) is 6.54 Å². The van der Waals surface area contributed by atoms with Crippen molar-refractivity contribution >= 4 is 33.5 Å². The van der Waals surface area contributed by atoms with E-state index in [9.17, 15) is 0 Å². The highest BCUT2D eigenvalue weighted by molar-refractivity contribution is 7.19. The summed E-state index contributed by atoms with van der Waals surface area (Å²) in [6.07, 6.45) is 5.54. The maximum atomic E-state index is 2.38. The van der Waals surface area contributed by atoms with Crippen LogP contribution in [0, 0.1) is 6.92 Å². The zero-order valence-electron chi connectivity index (χ0n) is 26.3. The van der Waals surface area contributed by atoms with Crippen molar-refractivity contribution in [1.29, 1.82) is 0 Å². The molecule has 45 heavy (non-hydrogen) atoms. The van der Waals surface area contributed by atoms with Crippen molar-refractivity contribution < 1.29 is 4.40 Å². The van der Waals surface area contributed by atoms with Gasteiger partial charge in [-0.2, -0.15) is 21.9 Å². The summed E-state index contributed by atoms with van der Waals surface area (Å²) in [6.45, 7) is 5.44. The number of nitrogens with zero attached hydrogens (tertiary/aromatic N) is 2. The molecule has 2 heterocycles. The van der Waals surface area contributed by atoms with E-state index in [1.165, 1.54) is 57.0 Å². The molecule has 0 spiro atoms. The Hall–Kier alpha value is -5.15. The lowest BCUT2D eigenvalue weighted by atomic mass is 9.13. The predicted octanol–water partition coefficient (Wildman–Crippen LogP) is 7.07. The second kappa shape index (κ2) is 14.1. The molecule has 0 saturated carbocycles. The van der Waals surface area contributed by atoms with E-state index in [0.717, 1.165) is 6.54 Å². The normalized spacial score (nSPS) is 11.2. The zero-order valence-corrected chi connectivity index (χ0v) is 26.3. The van der Waals surface area contributed by atoms with Crippen molar-refractivity contribution in [3.63, 3.8) is 0 Å². The molecule has 0 aliphatic rings. The Bertz CT molecular complexity index is 1750. The highest BCUT2D eigenvalue weighted by atomic mass is 15.1. The average Bonchev–Trinajstić information content (AvgIpc) is 3.49. The van der Waals surface area contributed by atoms with Crippen LogP contribution < -0.4 is 26.3 Å². The molecule has 2 aromatic heterocycles. The summed E-state index contributed by atoms with van der Waals surface area (Å²) in [4.78, 5) is 0. The van der Waals surface area contributed by atoms with Gasteiger partial charge in [-0.05, 0) is 25.5 Å². The lowest BCUT2D eigenvalue weighted by Gasteiger charge is -2.44. The smallest absolute Gasteiger partial charge is 0.229 e. The number of imidazole rings is 1. The monoisotopic (exact) mass is 584 g/mol. The molecule has 0 atom stereocenters. The minimum absolute atomic E-state index is 1.07. The van der Waals surface area contributed by atoms with E-state index >= 15 is 0 Å². The molecule has 0 bridgehead atoms. The van der Waals surface area contributed by atoms with Gasteiger partial charge in [0.15, 0.2) is 11.2 Å². The van der Waals surface area contributed by atoms with Gasteiger partial charge >= 0.3 is 0 Å². The summed E-state index contributed by atoms with van der Waals surface area (Å²) in [5, 5.41) is 0. The van der Waals surface area contributed by atoms with E-state index in [2.05, 4.69) is 199 Å². The quantitative estimate of drug-likeness (QED) is 0.134. The second-order valence-corrected chi connectivity index (χ2v) is 11.9. The van der Waals surface area contributed by atoms with Crippen LogP contribution in [0.2, 0.25) is 0 Å². The van der Waals surface area contributed by atoms with Crippen molar-refractivity contribution in [3.8, 4) is 11.3 Å². The highest BCUT2D eigenvalue weighted by Gasteiger charge is 2.31. The fourth-order valence-corrected chi connectivity index (χ4v) is 6.76. The van der Waals surface area contributed by atoms with Crippen LogP contribution >= 0.6 is 0 Å². The van der Waals surface area contributed by atoms with Gasteiger partial charge in [0.05, 0.1) is 12.7 Å². The molecule has 2 nitrogen and oxygen atoms in total. The molecule has 222 valence electrons. The van der Waals surface area contributed by atoms with Crippen LogP contribution in [0.4, 0.5) is 0 Å². The lowest BCUT2D eigenvalue weighted by molar-refractivity contribution is -0.512. The first-order chi connectivity index (χ1) is 22.2. The van der Waals surface area contributed by atoms with Crippen molar-refractivity contribution in [2.45, 2.75) is 33.2 Å². The molecule has 0 radical (unpaired) electrons. The Labute approximate surface area is 268 Å². The van der Waals surface area contributed by atoms with Crippen molar-refractivity contribution in [2.75, 3.05) is 0 Å². The Kier molecular flexibility index (Phi) is 9.37. The van der Waals surface area contributed by atoms with E-state index in [1.54, 1.807) is 0 Å². The number of benzene rings is 5. The molecule has 0 aliphatic heterocycles. The first kappa shape index (κ1) is 29.9. The van der Waals surface area contributed by atoms with Gasteiger partial charge in [-0.1, -0.05) is 171 Å². The number of hydrogen-bond acceptors (Lipinski definition) is 0. The number of hydrogen-bond donors (Lipinski definition) is 0. The van der Waals surface area contributed by atoms with E-state index in [-0.39, 0.29) is 0 Å². The summed E-state index contributed by atoms with van der Waals surface area (Å²) in [7, 11) is 0. The summed E-state index contributed by atoms with van der Waals surface area (Å²) >= 11 is 0. The molecule has 0 aliphatic carbocycles. The van der Waals surface area contributed by atoms with Gasteiger partial charge < -0.3 is 0 Å². The van der Waals surface area contributed by atoms with Crippen LogP contribution in [0.25, 0.3) is 16.8 Å². The van der Waals surface area contributed by atoms with Gasteiger partial charge in [0, 0.05) is 5.56 Å². The standard InChI is InChI=1S/C24H20B.C18H21N2/c1-5-13-21(14-6-1)25(22-15-7-2-8-16-22,23-17-9-3-10-18-23)24-19-11-4-12-20-24;1-3-4-12-20-14-19-13-6-5-7-17(19)18(20)16-10-8-15(2)9-11-16/h1-20H;5-11,13-14H,3-4,12H2,1-2H3/q-1;+1. The fraction of sp³-hybridized carbons (Fsp3) is 0.119. The number of unbranched alkanes of at least 4 members (excludes halogenated alkanes) is 1. The van der Waals surface area contributed by atoms with E-state index in [1.807, 2.05) is 0 Å². The van der Waals surface area contributed by atoms with Crippen LogP contribution in [-0.4, -0.2) is 10.7 Å². The lowest BCUT2D eigenvalue weighted by Crippen LogP contribution is -2.74. The number of rotatable bonds is 8. The summed E-state index contributed by atoms with van der Waals surface area (Å²) < 4.78 is 4.59. The topological polar surface area (TPSA) is 9.03 Å². The molecular weight excluding hydrogens is 543 g/mol. The Morgan fingerprint density at radius 2 is 0.978 bits per heavy atom. The second-order valence-electron chi connectivity index (χ2n) is 11.9. The first-order valence-corrected chi connectivity index (χ1v) is 16.2. The molecule has 0 N–H and O–H groups in total. The number of aryl methyl sites for hydroxylation is 2. The predicted molar refractivity (Wildman–Crippen MR) is 193 cm³/mol. The van der Waals surface area contributed by atoms with Crippen molar-refractivity contribution in [1.82, 2.24) is 4.57 Å². The maximum absolute atomic E-state index is 2.38. The van der Waals surface area contributed by atoms with Gasteiger partial charge in [0.1, 0.15) is 6.15 Å². The Morgan fingerprint density at radius 1 is 0.533 bits per heavy atom. The van der Waals surface area contributed by atoms with E-state index < -0.39 is 6.15 Å². The SMILES string of the molecule is CCCCn1c[n+]2ccccc2c1-c1ccc(C)cc1.c1ccc([B-](c2ccccc2)(c2ccccc2)c2ccccc2)cc1. The van der Waals surface area contributed by atoms with Crippen LogP contribution in [0.5, 0.6) is 0 Å². The molecule has 3 heteroatoms. The molecule has 7 rings (SSSR count). The molecule has 5 aromatic carbocycles. The third-order valence-corrected chi connectivity index (χ3v) is 8.96. The third-order valence-electron chi connectivity index (χ3n) is 8.96. The molecule has 0 amide bonds. The largest absolute Gasteiger partial charge is 0.249 e. The van der Waals surface area contributed by atoms with Crippen molar-refractivity contribution in [3.05, 3.63) is 182 Å². The van der Waals surface area contributed by atoms with E-state index in [4.69, 9.17) is 0 Å². The van der Waals surface area contributed by atoms with Gasteiger partial charge in [0.2, 0.25) is 6.33 Å². The maximum Gasteiger partial charge on any atom is 0.249 e. The first-order valence-electron chi connectivity index (χ1n) is 16.2. The summed E-state index contributed by atoms with van der Waals surface area (Å²) in [5.41, 5.74) is 10.5. The molecule has 0 fully saturated rings. The third kappa shape index (κ3) is 6.26. The number of pyridine rings is 1. The van der Waals surface area contributed by atoms with Gasteiger partial charge in [0.25, 0.3) is 0 Å². The average molecular weight is 585 g/mol. The van der Waals surface area contributed by atoms with E-state index in [0.29, 0.717) is 0 Å². The Morgan fingerprint density at radius 3 is 1.42 bits per heavy atom. The van der Waals surface area contributed by atoms with Gasteiger partial charge in [-0.3, -0.25) is 0 Å². The number of fused-ring (bicyclic) bond motifs is 1. The molecular formula is C42H41BN2. The van der Waals surface area contributed by atoms with Crippen LogP contribution in [0.15, 0.2) is 176 Å². The molecule has 0 saturated heterocycles. The number of aromatic nitrogens is 2. The Balaban J connectivity index is 0.000000163. The summed E-state index contributed by atoms with van der Waals surface area (Å²) in [5.74, 6) is 0. The highest BCUT2D eigenvalue weighted by Crippen LogP contribution is 2.24. The van der Waals surface area contributed by atoms with Crippen LogP contribution in [0.1, 0.15) is 25.3 Å². The van der Waals surface area contributed by atoms with Gasteiger partial charge in [-0.15, -0.1) is 0 Å². The van der Waals surface area contributed by atoms with Crippen molar-refractivity contribution in [2.24, 2.45) is 0 Å². The van der Waals surface area contributed by atoms with Gasteiger partial charge in [-0.25, -0.2) is 8.97 Å². The fourth-order valence-electron chi connectivity index (χ4n) is 6.76. The minimum Gasteiger partial charge on any atom is -0.229 e. The minimum atomic E-state index is -1.22. The molecule has 7 aromatic rings. The zero-order chi connectivity index (χ0) is 30.9. The molecule has 0 unspecified atom stereocenters.